The van der Waals surface area contributed by atoms with Gasteiger partial charge in [0.2, 0.25) is 0 Å². The van der Waals surface area contributed by atoms with Gasteiger partial charge in [0.25, 0.3) is 5.91 Å². The van der Waals surface area contributed by atoms with Crippen molar-refractivity contribution in [1.82, 2.24) is 4.90 Å². The number of amidine groups is 1. The minimum absolute atomic E-state index is 0.221. The van der Waals surface area contributed by atoms with Gasteiger partial charge in [-0.05, 0) is 68.0 Å². The van der Waals surface area contributed by atoms with E-state index in [1.165, 1.54) is 4.90 Å². The fourth-order valence-electron chi connectivity index (χ4n) is 4.74. The van der Waals surface area contributed by atoms with Crippen LogP contribution < -0.4 is 4.90 Å². The number of rotatable bonds is 7. The molecular formula is C33H29N3O4. The lowest BCUT2D eigenvalue weighted by atomic mass is 10.1. The molecule has 2 fully saturated rings. The highest BCUT2D eigenvalue weighted by molar-refractivity contribution is 6.11. The Hall–Kier alpha value is -4.72. The number of hydrogen-bond acceptors (Lipinski definition) is 6. The highest BCUT2D eigenvalue weighted by Gasteiger charge is 2.35. The van der Waals surface area contributed by atoms with Crippen LogP contribution in [-0.4, -0.2) is 29.7 Å². The van der Waals surface area contributed by atoms with Crippen LogP contribution in [0, 0.1) is 0 Å². The Morgan fingerprint density at radius 3 is 1.98 bits per heavy atom. The quantitative estimate of drug-likeness (QED) is 0.232. The number of nitrogens with zero attached hydrogens (tertiary/aromatic N) is 3. The summed E-state index contributed by atoms with van der Waals surface area (Å²) < 4.78 is 17.3. The van der Waals surface area contributed by atoms with Gasteiger partial charge < -0.3 is 19.1 Å². The van der Waals surface area contributed by atoms with Gasteiger partial charge in [-0.2, -0.15) is 4.99 Å². The fourth-order valence-corrected chi connectivity index (χ4v) is 4.74. The van der Waals surface area contributed by atoms with Gasteiger partial charge in [-0.25, -0.2) is 0 Å². The van der Waals surface area contributed by atoms with Crippen LogP contribution in [0.4, 0.5) is 22.7 Å². The molecule has 2 aliphatic rings. The van der Waals surface area contributed by atoms with Crippen molar-refractivity contribution in [3.05, 3.63) is 126 Å². The first kappa shape index (κ1) is 25.6. The van der Waals surface area contributed by atoms with Crippen LogP contribution in [0.3, 0.4) is 0 Å². The zero-order valence-electron chi connectivity index (χ0n) is 22.3. The molecule has 2 heterocycles. The molecule has 0 aliphatic carbocycles. The Kier molecular flexibility index (Phi) is 7.14. The van der Waals surface area contributed by atoms with Crippen molar-refractivity contribution in [2.24, 2.45) is 4.99 Å². The lowest BCUT2D eigenvalue weighted by Crippen LogP contribution is -2.32. The first-order chi connectivity index (χ1) is 19.6. The molecule has 4 aromatic rings. The molecule has 0 bridgehead atoms. The Morgan fingerprint density at radius 1 is 0.800 bits per heavy atom. The first-order valence-corrected chi connectivity index (χ1v) is 13.3. The number of ether oxygens (including phenoxy) is 3. The molecule has 0 saturated carbocycles. The summed E-state index contributed by atoms with van der Waals surface area (Å²) in [5, 5.41) is 0. The fraction of sp³-hybridized carbons (Fsp3) is 0.152. The van der Waals surface area contributed by atoms with Crippen molar-refractivity contribution in [2.75, 3.05) is 11.4 Å². The molecule has 0 aromatic heterocycles. The first-order valence-electron chi connectivity index (χ1n) is 13.3. The third-order valence-corrected chi connectivity index (χ3v) is 6.72. The van der Waals surface area contributed by atoms with Crippen molar-refractivity contribution < 1.29 is 19.0 Å². The normalized spacial score (nSPS) is 20.4. The maximum Gasteiger partial charge on any atom is 0.305 e. The SMILES string of the molecule is CCN1C(=O)/C(=C\c2ccc(N(c3ccccc3)c3ccccc3)cc2)OC1=Nc1ccccc1C1OC(C)O1. The molecule has 0 spiro atoms. The van der Waals surface area contributed by atoms with Crippen molar-refractivity contribution >= 4 is 40.8 Å². The predicted molar refractivity (Wildman–Crippen MR) is 155 cm³/mol. The van der Waals surface area contributed by atoms with Crippen molar-refractivity contribution in [1.29, 1.82) is 0 Å². The Balaban J connectivity index is 1.27. The Labute approximate surface area is 233 Å². The maximum atomic E-state index is 13.2. The van der Waals surface area contributed by atoms with Gasteiger partial charge in [-0.15, -0.1) is 0 Å². The highest BCUT2D eigenvalue weighted by Crippen LogP contribution is 2.38. The molecule has 7 heteroatoms. The van der Waals surface area contributed by atoms with Gasteiger partial charge in [-0.3, -0.25) is 9.69 Å². The van der Waals surface area contributed by atoms with E-state index in [1.54, 1.807) is 6.08 Å². The van der Waals surface area contributed by atoms with E-state index in [4.69, 9.17) is 14.2 Å². The van der Waals surface area contributed by atoms with Crippen molar-refractivity contribution in [3.8, 4) is 0 Å². The second-order valence-electron chi connectivity index (χ2n) is 9.38. The van der Waals surface area contributed by atoms with E-state index in [9.17, 15) is 4.79 Å². The van der Waals surface area contributed by atoms with Gasteiger partial charge in [-0.1, -0.05) is 66.7 Å². The molecule has 4 aromatic carbocycles. The number of benzene rings is 4. The number of likely N-dealkylation sites (N-methyl/N-ethyl adjacent to an activating group) is 1. The average molecular weight is 532 g/mol. The molecule has 6 rings (SSSR count). The predicted octanol–water partition coefficient (Wildman–Crippen LogP) is 7.46. The van der Waals surface area contributed by atoms with Crippen molar-refractivity contribution in [3.63, 3.8) is 0 Å². The molecule has 0 unspecified atom stereocenters. The minimum Gasteiger partial charge on any atom is -0.419 e. The number of carbonyl (C=O) groups is 1. The number of amides is 1. The van der Waals surface area contributed by atoms with Crippen LogP contribution in [0.15, 0.2) is 120 Å². The second kappa shape index (κ2) is 11.2. The largest absolute Gasteiger partial charge is 0.419 e. The van der Waals surface area contributed by atoms with Crippen molar-refractivity contribution in [2.45, 2.75) is 26.4 Å². The zero-order chi connectivity index (χ0) is 27.5. The third kappa shape index (κ3) is 5.12. The molecule has 40 heavy (non-hydrogen) atoms. The summed E-state index contributed by atoms with van der Waals surface area (Å²) in [6.45, 7) is 4.15. The van der Waals surface area contributed by atoms with Gasteiger partial charge >= 0.3 is 6.02 Å². The molecule has 1 amide bonds. The molecular weight excluding hydrogens is 502 g/mol. The summed E-state index contributed by atoms with van der Waals surface area (Å²) in [6.07, 6.45) is 1.01. The van der Waals surface area contributed by atoms with Gasteiger partial charge in [0, 0.05) is 29.2 Å². The number of anilines is 3. The van der Waals surface area contributed by atoms with Crippen LogP contribution in [0.2, 0.25) is 0 Å². The van der Waals surface area contributed by atoms with Crippen LogP contribution >= 0.6 is 0 Å². The van der Waals surface area contributed by atoms with E-state index in [1.807, 2.05) is 98.8 Å². The molecule has 0 atom stereocenters. The summed E-state index contributed by atoms with van der Waals surface area (Å²) in [7, 11) is 0. The number of hydrogen-bond donors (Lipinski definition) is 0. The van der Waals surface area contributed by atoms with E-state index in [0.29, 0.717) is 12.2 Å². The van der Waals surface area contributed by atoms with Gasteiger partial charge in [0.15, 0.2) is 18.3 Å². The number of para-hydroxylation sites is 3. The Morgan fingerprint density at radius 2 is 1.38 bits per heavy atom. The van der Waals surface area contributed by atoms with Gasteiger partial charge in [0.05, 0.1) is 5.69 Å². The van der Waals surface area contributed by atoms with E-state index in [-0.39, 0.29) is 24.0 Å². The third-order valence-electron chi connectivity index (χ3n) is 6.72. The van der Waals surface area contributed by atoms with Crippen LogP contribution in [0.1, 0.15) is 31.3 Å². The number of carbonyl (C=O) groups excluding carboxylic acids is 1. The highest BCUT2D eigenvalue weighted by atomic mass is 16.9. The molecule has 0 N–H and O–H groups in total. The van der Waals surface area contributed by atoms with Crippen LogP contribution in [-0.2, 0) is 19.0 Å². The van der Waals surface area contributed by atoms with E-state index in [0.717, 1.165) is 28.2 Å². The zero-order valence-corrected chi connectivity index (χ0v) is 22.3. The molecule has 7 nitrogen and oxygen atoms in total. The summed E-state index contributed by atoms with van der Waals surface area (Å²) in [5.41, 5.74) is 5.38. The number of aliphatic imine (C=N–C) groups is 1. The topological polar surface area (TPSA) is 63.6 Å². The molecule has 2 saturated heterocycles. The second-order valence-corrected chi connectivity index (χ2v) is 9.38. The van der Waals surface area contributed by atoms with E-state index in [2.05, 4.69) is 34.2 Å². The molecule has 200 valence electrons. The average Bonchev–Trinajstić information content (AvgIpc) is 3.27. The standard InChI is InChI=1S/C33H29N3O4/c1-3-35-31(37)30(40-33(35)34-29-17-11-10-16-28(29)32-38-23(2)39-32)22-24-18-20-27(21-19-24)36(25-12-6-4-7-13-25)26-14-8-5-9-15-26/h4-23,32H,3H2,1-2H3/b30-22+,34-33?. The lowest BCUT2D eigenvalue weighted by molar-refractivity contribution is -0.382. The van der Waals surface area contributed by atoms with E-state index < -0.39 is 6.29 Å². The smallest absolute Gasteiger partial charge is 0.305 e. The molecule has 0 radical (unpaired) electrons. The summed E-state index contributed by atoms with van der Waals surface area (Å²) in [6, 6.07) is 36.2. The van der Waals surface area contributed by atoms with Crippen LogP contribution in [0.5, 0.6) is 0 Å². The Bertz CT molecular complexity index is 1510. The molecule has 2 aliphatic heterocycles. The van der Waals surface area contributed by atoms with E-state index >= 15 is 0 Å². The van der Waals surface area contributed by atoms with Crippen LogP contribution in [0.25, 0.3) is 6.08 Å². The summed E-state index contributed by atoms with van der Waals surface area (Å²) >= 11 is 0. The lowest BCUT2D eigenvalue weighted by Gasteiger charge is -2.34. The minimum atomic E-state index is -0.484. The monoisotopic (exact) mass is 531 g/mol. The summed E-state index contributed by atoms with van der Waals surface area (Å²) in [5.74, 6) is -0.0126. The van der Waals surface area contributed by atoms with Gasteiger partial charge in [0.1, 0.15) is 0 Å². The maximum absolute atomic E-state index is 13.2. The summed E-state index contributed by atoms with van der Waals surface area (Å²) in [4.78, 5) is 21.6.